The van der Waals surface area contributed by atoms with Gasteiger partial charge in [-0.15, -0.1) is 0 Å². The van der Waals surface area contributed by atoms with Crippen LogP contribution in [0, 0.1) is 11.3 Å². The standard InChI is InChI=1S/C28H25Cl2.Zr/c1-28(17-16-20(30)18-29,26-15-14-19-8-2-3-9-21(19)26)27-24-12-6-4-10-22(24)23-11-5-7-13-25(23)27;/h2-15,18,20,26-27H,16-17H2,1H3;/q-1;. The topological polar surface area (TPSA) is 0 Å². The zero-order chi connectivity index (χ0) is 20.7. The summed E-state index contributed by atoms with van der Waals surface area (Å²) in [5, 5.41) is -0.126. The van der Waals surface area contributed by atoms with Crippen molar-refractivity contribution in [2.24, 2.45) is 5.41 Å². The molecule has 0 amide bonds. The van der Waals surface area contributed by atoms with Gasteiger partial charge in [-0.25, -0.2) is 5.88 Å². The van der Waals surface area contributed by atoms with Crippen molar-refractivity contribution in [1.82, 2.24) is 0 Å². The van der Waals surface area contributed by atoms with Crippen molar-refractivity contribution in [3.8, 4) is 11.1 Å². The van der Waals surface area contributed by atoms with Crippen molar-refractivity contribution in [1.29, 1.82) is 0 Å². The van der Waals surface area contributed by atoms with Crippen LogP contribution >= 0.6 is 23.2 Å². The summed E-state index contributed by atoms with van der Waals surface area (Å²) >= 11 is 12.5. The predicted molar refractivity (Wildman–Crippen MR) is 129 cm³/mol. The zero-order valence-corrected chi connectivity index (χ0v) is 21.5. The Morgan fingerprint density at radius 2 is 1.42 bits per heavy atom. The summed E-state index contributed by atoms with van der Waals surface area (Å²) in [7, 11) is 0. The van der Waals surface area contributed by atoms with Crippen molar-refractivity contribution < 1.29 is 26.2 Å². The average Bonchev–Trinajstić information content (AvgIpc) is 3.37. The van der Waals surface area contributed by atoms with Crippen LogP contribution in [-0.2, 0) is 26.2 Å². The van der Waals surface area contributed by atoms with E-state index in [1.807, 2.05) is 0 Å². The summed E-state index contributed by atoms with van der Waals surface area (Å²) in [5.41, 5.74) is 8.32. The molecular formula is C28H25Cl2Zr-. The van der Waals surface area contributed by atoms with E-state index in [0.717, 1.165) is 12.8 Å². The molecule has 0 saturated carbocycles. The predicted octanol–water partition coefficient (Wildman–Crippen LogP) is 8.40. The van der Waals surface area contributed by atoms with Gasteiger partial charge < -0.3 is 11.6 Å². The van der Waals surface area contributed by atoms with Gasteiger partial charge in [0.1, 0.15) is 0 Å². The maximum atomic E-state index is 6.48. The molecule has 2 aliphatic carbocycles. The van der Waals surface area contributed by atoms with Crippen molar-refractivity contribution in [2.45, 2.75) is 37.0 Å². The normalized spacial score (nSPS) is 19.1. The molecule has 0 nitrogen and oxygen atoms in total. The van der Waals surface area contributed by atoms with Crippen LogP contribution in [0.2, 0.25) is 0 Å². The van der Waals surface area contributed by atoms with Crippen LogP contribution in [0.25, 0.3) is 17.2 Å². The minimum atomic E-state index is -0.126. The van der Waals surface area contributed by atoms with E-state index < -0.39 is 0 Å². The average molecular weight is 524 g/mol. The Hall–Kier alpha value is -1.14. The molecular weight excluding hydrogens is 498 g/mol. The zero-order valence-electron chi connectivity index (χ0n) is 17.6. The Kier molecular flexibility index (Phi) is 6.97. The number of hydrogen-bond acceptors (Lipinski definition) is 0. The first-order valence-corrected chi connectivity index (χ1v) is 11.5. The van der Waals surface area contributed by atoms with Crippen molar-refractivity contribution in [2.75, 3.05) is 0 Å². The molecule has 5 rings (SSSR count). The first kappa shape index (κ1) is 23.0. The van der Waals surface area contributed by atoms with Gasteiger partial charge in [-0.3, -0.25) is 0 Å². The second-order valence-corrected chi connectivity index (χ2v) is 9.57. The molecule has 3 unspecified atom stereocenters. The van der Waals surface area contributed by atoms with E-state index in [2.05, 4.69) is 91.9 Å². The third-order valence-corrected chi connectivity index (χ3v) is 7.88. The second kappa shape index (κ2) is 9.39. The van der Waals surface area contributed by atoms with Gasteiger partial charge >= 0.3 is 0 Å². The largest absolute Gasteiger partial charge is 0.348 e. The Morgan fingerprint density at radius 3 is 2.03 bits per heavy atom. The molecule has 3 aromatic carbocycles. The molecule has 0 bridgehead atoms. The summed E-state index contributed by atoms with van der Waals surface area (Å²) in [6.45, 7) is 2.45. The van der Waals surface area contributed by atoms with Crippen LogP contribution in [0.4, 0.5) is 0 Å². The molecule has 3 aromatic rings. The molecule has 0 fully saturated rings. The Bertz CT molecular complexity index is 1060. The first-order chi connectivity index (χ1) is 14.6. The first-order valence-electron chi connectivity index (χ1n) is 10.7. The van der Waals surface area contributed by atoms with Crippen LogP contribution in [0.5, 0.6) is 0 Å². The summed E-state index contributed by atoms with van der Waals surface area (Å²) in [6.07, 6.45) is 6.54. The van der Waals surface area contributed by atoms with Crippen molar-refractivity contribution >= 4 is 29.3 Å². The quantitative estimate of drug-likeness (QED) is 0.225. The molecule has 0 aliphatic heterocycles. The van der Waals surface area contributed by atoms with E-state index in [1.165, 1.54) is 33.4 Å². The van der Waals surface area contributed by atoms with Gasteiger partial charge in [-0.2, -0.15) is 11.6 Å². The van der Waals surface area contributed by atoms with E-state index in [4.69, 9.17) is 23.2 Å². The maximum absolute atomic E-state index is 6.48. The van der Waals surface area contributed by atoms with E-state index in [9.17, 15) is 0 Å². The van der Waals surface area contributed by atoms with Gasteiger partial charge in [0.05, 0.1) is 0 Å². The van der Waals surface area contributed by atoms with Crippen LogP contribution in [0.3, 0.4) is 0 Å². The molecule has 0 saturated heterocycles. The molecule has 156 valence electrons. The third kappa shape index (κ3) is 3.92. The monoisotopic (exact) mass is 521 g/mol. The fourth-order valence-corrected chi connectivity index (χ4v) is 5.92. The summed E-state index contributed by atoms with van der Waals surface area (Å²) in [6, 6.07) is 26.6. The number of halogens is 2. The maximum Gasteiger partial charge on any atom is 0.0164 e. The fourth-order valence-electron chi connectivity index (χ4n) is 5.68. The Labute approximate surface area is 214 Å². The minimum absolute atomic E-state index is 0. The number of hydrogen-bond donors (Lipinski definition) is 0. The van der Waals surface area contributed by atoms with E-state index >= 15 is 0 Å². The van der Waals surface area contributed by atoms with E-state index in [1.54, 1.807) is 5.88 Å². The molecule has 0 heterocycles. The molecule has 3 heteroatoms. The molecule has 2 aliphatic rings. The smallest absolute Gasteiger partial charge is 0.0164 e. The van der Waals surface area contributed by atoms with Crippen LogP contribution in [-0.4, -0.2) is 5.38 Å². The van der Waals surface area contributed by atoms with E-state index in [-0.39, 0.29) is 37.0 Å². The molecule has 0 spiro atoms. The van der Waals surface area contributed by atoms with Crippen molar-refractivity contribution in [3.05, 3.63) is 107 Å². The fraction of sp³-hybridized carbons (Fsp3) is 0.250. The number of fused-ring (bicyclic) bond motifs is 4. The van der Waals surface area contributed by atoms with Crippen LogP contribution < -0.4 is 0 Å². The minimum Gasteiger partial charge on any atom is -0.348 e. The molecule has 0 radical (unpaired) electrons. The Morgan fingerprint density at radius 1 is 0.871 bits per heavy atom. The summed E-state index contributed by atoms with van der Waals surface area (Å²) < 4.78 is 0. The van der Waals surface area contributed by atoms with Gasteiger partial charge in [0.15, 0.2) is 0 Å². The van der Waals surface area contributed by atoms with Crippen LogP contribution in [0.15, 0.2) is 78.9 Å². The van der Waals surface area contributed by atoms with Gasteiger partial charge in [-0.1, -0.05) is 104 Å². The summed E-state index contributed by atoms with van der Waals surface area (Å²) in [5.74, 6) is 2.23. The van der Waals surface area contributed by atoms with Crippen LogP contribution in [0.1, 0.15) is 53.9 Å². The number of alkyl halides is 1. The SMILES string of the molecule is CC(CCC(Cl)[CH-]Cl)(C1C=Cc2ccccc21)C1c2ccccc2-c2ccccc21.[Zr]. The number of benzene rings is 3. The van der Waals surface area contributed by atoms with Crippen molar-refractivity contribution in [3.63, 3.8) is 0 Å². The molecule has 0 N–H and O–H groups in total. The number of rotatable bonds is 6. The van der Waals surface area contributed by atoms with E-state index in [0.29, 0.717) is 11.8 Å². The number of allylic oxidation sites excluding steroid dienone is 1. The second-order valence-electron chi connectivity index (χ2n) is 8.76. The Balaban J connectivity index is 0.00000231. The van der Waals surface area contributed by atoms with Gasteiger partial charge in [0.25, 0.3) is 0 Å². The molecule has 31 heavy (non-hydrogen) atoms. The van der Waals surface area contributed by atoms with Gasteiger partial charge in [-0.05, 0) is 45.2 Å². The van der Waals surface area contributed by atoms with Gasteiger partial charge in [0, 0.05) is 38.0 Å². The summed E-state index contributed by atoms with van der Waals surface area (Å²) in [4.78, 5) is 0. The van der Waals surface area contributed by atoms with Gasteiger partial charge in [0.2, 0.25) is 0 Å². The molecule has 3 atom stereocenters. The third-order valence-electron chi connectivity index (χ3n) is 7.10. The molecule has 0 aromatic heterocycles.